The molecule has 0 aliphatic carbocycles. The van der Waals surface area contributed by atoms with Gasteiger partial charge in [-0.15, -0.1) is 0 Å². The number of nitro groups is 3. The smallest absolute Gasteiger partial charge is 0.258 e. The molecule has 0 radical (unpaired) electrons. The summed E-state index contributed by atoms with van der Waals surface area (Å²) >= 11 is 0. The maximum atomic E-state index is 10.3. The fraction of sp³-hybridized carbons (Fsp3) is 0. The van der Waals surface area contributed by atoms with Gasteiger partial charge in [0.1, 0.15) is 0 Å². The molecule has 0 saturated carbocycles. The van der Waals surface area contributed by atoms with Crippen molar-refractivity contribution in [1.29, 1.82) is 0 Å². The Kier molecular flexibility index (Phi) is 2.56. The van der Waals surface area contributed by atoms with Crippen molar-refractivity contribution in [2.24, 2.45) is 0 Å². The summed E-state index contributed by atoms with van der Waals surface area (Å²) in [4.78, 5) is 28.1. The molecule has 0 amide bonds. The maximum absolute atomic E-state index is 10.3. The normalized spacial score (nSPS) is 9.60. The van der Waals surface area contributed by atoms with E-state index < -0.39 is 31.8 Å². The summed E-state index contributed by atoms with van der Waals surface area (Å²) in [6.07, 6.45) is 0. The van der Waals surface area contributed by atoms with Gasteiger partial charge in [0.15, 0.2) is 0 Å². The van der Waals surface area contributed by atoms with E-state index in [1.807, 2.05) is 0 Å². The summed E-state index contributed by atoms with van der Waals surface area (Å²) in [7, 11) is 0. The molecular formula is C6H3N3O6. The largest absolute Gasteiger partial charge is 0.283 e. The van der Waals surface area contributed by atoms with Crippen LogP contribution < -0.4 is 0 Å². The average molecular weight is 219 g/mol. The van der Waals surface area contributed by atoms with Gasteiger partial charge in [-0.1, -0.05) is 0 Å². The molecule has 78 valence electrons. The number of rotatable bonds is 3. The quantitative estimate of drug-likeness (QED) is 0.557. The van der Waals surface area contributed by atoms with E-state index in [4.69, 9.17) is 0 Å². The van der Waals surface area contributed by atoms with Gasteiger partial charge < -0.3 is 0 Å². The van der Waals surface area contributed by atoms with E-state index in [0.717, 1.165) is 0 Å². The van der Waals surface area contributed by atoms with Crippen molar-refractivity contribution in [2.45, 2.75) is 0 Å². The van der Waals surface area contributed by atoms with Crippen LogP contribution in [-0.2, 0) is 0 Å². The van der Waals surface area contributed by atoms with E-state index in [9.17, 15) is 30.3 Å². The lowest BCUT2D eigenvalue weighted by Crippen LogP contribution is -1.96. The Balaban J connectivity index is 3.39. The first-order chi connectivity index (χ1) is 6.91. The highest BCUT2D eigenvalue weighted by Gasteiger charge is 2.21. The van der Waals surface area contributed by atoms with E-state index in [-0.39, 0.29) is 0 Å². The summed E-state index contributed by atoms with van der Waals surface area (Å²) in [5.41, 5.74) is -2.05. The Labute approximate surface area is 81.4 Å². The van der Waals surface area contributed by atoms with Crippen molar-refractivity contribution in [3.8, 4) is 0 Å². The third-order valence-electron chi connectivity index (χ3n) is 1.52. The van der Waals surface area contributed by atoms with Crippen molar-refractivity contribution in [3.05, 3.63) is 48.5 Å². The minimum Gasteiger partial charge on any atom is -0.258 e. The second-order valence-electron chi connectivity index (χ2n) is 2.48. The summed E-state index contributed by atoms with van der Waals surface area (Å²) in [6.45, 7) is 0. The molecule has 0 unspecified atom stereocenters. The summed E-state index contributed by atoms with van der Waals surface area (Å²) < 4.78 is 0. The molecule has 1 rings (SSSR count). The molecule has 0 heterocycles. The number of benzene rings is 1. The molecule has 0 atom stereocenters. The van der Waals surface area contributed by atoms with Gasteiger partial charge in [-0.05, 0) is 0 Å². The summed E-state index contributed by atoms with van der Waals surface area (Å²) in [5, 5.41) is 30.9. The van der Waals surface area contributed by atoms with E-state index in [0.29, 0.717) is 18.2 Å². The van der Waals surface area contributed by atoms with Crippen molar-refractivity contribution < 1.29 is 14.8 Å². The van der Waals surface area contributed by atoms with Gasteiger partial charge in [0.05, 0.1) is 33.0 Å². The Bertz CT molecular complexity index is 377. The third-order valence-corrected chi connectivity index (χ3v) is 1.52. The Morgan fingerprint density at radius 2 is 0.867 bits per heavy atom. The Morgan fingerprint density at radius 1 is 0.667 bits per heavy atom. The van der Waals surface area contributed by atoms with Crippen LogP contribution in [0.4, 0.5) is 17.1 Å². The number of nitro benzene ring substituents is 3. The van der Waals surface area contributed by atoms with E-state index >= 15 is 0 Å². The van der Waals surface area contributed by atoms with Crippen LogP contribution in [-0.4, -0.2) is 14.8 Å². The van der Waals surface area contributed by atoms with E-state index in [2.05, 4.69) is 0 Å². The number of nitrogens with zero attached hydrogens (tertiary/aromatic N) is 3. The number of non-ortho nitro benzene ring substituents is 3. The lowest BCUT2D eigenvalue weighted by Gasteiger charge is -1.93. The molecular weight excluding hydrogens is 216 g/mol. The zero-order chi connectivity index (χ0) is 11.6. The van der Waals surface area contributed by atoms with Gasteiger partial charge in [0.2, 0.25) is 0 Å². The topological polar surface area (TPSA) is 129 Å². The van der Waals surface area contributed by atoms with Crippen LogP contribution in [0.3, 0.4) is 0 Å². The predicted octanol–water partition coefficient (Wildman–Crippen LogP) is 1.41. The fourth-order valence-corrected chi connectivity index (χ4v) is 0.896. The van der Waals surface area contributed by atoms with Crippen LogP contribution in [0.5, 0.6) is 0 Å². The highest BCUT2D eigenvalue weighted by molar-refractivity contribution is 5.52. The zero-order valence-corrected chi connectivity index (χ0v) is 7.02. The van der Waals surface area contributed by atoms with E-state index in [1.54, 1.807) is 0 Å². The third kappa shape index (κ3) is 2.21. The Hall–Kier alpha value is -2.58. The molecule has 0 aliphatic rings. The SMILES string of the molecule is O=[N+]([O-])[13c]1[13cH][13c]([N+](=O)[O-])[13cH][13c]([N+](=O)[O-])[13cH]1. The lowest BCUT2D eigenvalue weighted by atomic mass is 11.2. The second kappa shape index (κ2) is 3.65. The number of hydrogen-bond donors (Lipinski definition) is 0. The van der Waals surface area contributed by atoms with Gasteiger partial charge in [-0.25, -0.2) is 0 Å². The fourth-order valence-electron chi connectivity index (χ4n) is 0.896. The molecule has 1 aromatic carbocycles. The minimum absolute atomic E-state index is 0.660. The van der Waals surface area contributed by atoms with Crippen molar-refractivity contribution in [3.63, 3.8) is 0 Å². The molecule has 0 fully saturated rings. The van der Waals surface area contributed by atoms with Crippen molar-refractivity contribution >= 4 is 17.1 Å². The average Bonchev–Trinajstić information content (AvgIpc) is 2.16. The molecule has 0 aromatic heterocycles. The predicted molar refractivity (Wildman–Crippen MR) is 46.4 cm³/mol. The van der Waals surface area contributed by atoms with Crippen LogP contribution >= 0.6 is 0 Å². The lowest BCUT2D eigenvalue weighted by molar-refractivity contribution is -0.403. The molecule has 0 saturated heterocycles. The van der Waals surface area contributed by atoms with Gasteiger partial charge in [-0.2, -0.15) is 0 Å². The first-order valence-corrected chi connectivity index (χ1v) is 3.50. The maximum Gasteiger partial charge on any atom is 0.283 e. The molecule has 0 N–H and O–H groups in total. The van der Waals surface area contributed by atoms with Crippen LogP contribution in [0.25, 0.3) is 0 Å². The molecule has 0 bridgehead atoms. The summed E-state index contributed by atoms with van der Waals surface area (Å²) in [6, 6.07) is 1.98. The van der Waals surface area contributed by atoms with Gasteiger partial charge >= 0.3 is 0 Å². The molecule has 0 aliphatic heterocycles. The summed E-state index contributed by atoms with van der Waals surface area (Å²) in [5.74, 6) is 0. The van der Waals surface area contributed by atoms with Crippen LogP contribution in [0.2, 0.25) is 0 Å². The van der Waals surface area contributed by atoms with Crippen LogP contribution in [0.1, 0.15) is 0 Å². The minimum atomic E-state index is -0.931. The van der Waals surface area contributed by atoms with Crippen LogP contribution in [0.15, 0.2) is 18.2 Å². The standard InChI is InChI=1S/C6H3N3O6/c10-7(11)4-1-5(8(12)13)3-6(2-4)9(14)15/h1-3H/i1+1,2+1,3+1,4+1,5+1,6+1. The van der Waals surface area contributed by atoms with Crippen molar-refractivity contribution in [1.82, 2.24) is 0 Å². The highest BCUT2D eigenvalue weighted by atomic mass is 16.7. The molecule has 1 aromatic rings. The highest BCUT2D eigenvalue weighted by Crippen LogP contribution is 2.26. The molecule has 15 heavy (non-hydrogen) atoms. The van der Waals surface area contributed by atoms with E-state index in [1.165, 1.54) is 0 Å². The Morgan fingerprint density at radius 3 is 1.00 bits per heavy atom. The van der Waals surface area contributed by atoms with Crippen molar-refractivity contribution in [2.75, 3.05) is 0 Å². The second-order valence-corrected chi connectivity index (χ2v) is 2.48. The number of hydrogen-bond acceptors (Lipinski definition) is 6. The molecule has 9 heteroatoms. The monoisotopic (exact) mass is 219 g/mol. The first-order valence-electron chi connectivity index (χ1n) is 3.50. The first kappa shape index (κ1) is 10.5. The molecule has 0 spiro atoms. The molecule has 9 nitrogen and oxygen atoms in total. The van der Waals surface area contributed by atoms with Crippen LogP contribution in [0, 0.1) is 30.3 Å². The van der Waals surface area contributed by atoms with Gasteiger partial charge in [0.25, 0.3) is 17.1 Å². The van der Waals surface area contributed by atoms with Gasteiger partial charge in [0, 0.05) is 0 Å². The zero-order valence-electron chi connectivity index (χ0n) is 7.02. The van der Waals surface area contributed by atoms with Gasteiger partial charge in [-0.3, -0.25) is 30.3 Å².